The van der Waals surface area contributed by atoms with Gasteiger partial charge in [-0.25, -0.2) is 4.98 Å². The predicted molar refractivity (Wildman–Crippen MR) is 73.8 cm³/mol. The first kappa shape index (κ1) is 12.5. The number of anilines is 1. The number of imidazole rings is 1. The summed E-state index contributed by atoms with van der Waals surface area (Å²) in [7, 11) is 3.62. The fraction of sp³-hybridized carbons (Fsp3) is 0.357. The highest BCUT2D eigenvalue weighted by molar-refractivity contribution is 5.70. The van der Waals surface area contributed by atoms with Crippen LogP contribution in [0.2, 0.25) is 0 Å². The van der Waals surface area contributed by atoms with Crippen LogP contribution in [0.4, 0.5) is 5.95 Å². The van der Waals surface area contributed by atoms with E-state index in [0.717, 1.165) is 28.3 Å². The smallest absolute Gasteiger partial charge is 0.200 e. The molecule has 1 aromatic carbocycles. The molecule has 2 N–H and O–H groups in total. The van der Waals surface area contributed by atoms with Crippen LogP contribution in [0.15, 0.2) is 12.1 Å². The second kappa shape index (κ2) is 4.37. The Morgan fingerprint density at radius 3 is 2.33 bits per heavy atom. The molecule has 0 spiro atoms. The summed E-state index contributed by atoms with van der Waals surface area (Å²) in [6, 6.07) is 4.05. The molecule has 1 aromatic heterocycles. The van der Waals surface area contributed by atoms with E-state index in [1.807, 2.05) is 24.6 Å². The van der Waals surface area contributed by atoms with Crippen LogP contribution < -0.4 is 10.5 Å². The Kier molecular flexibility index (Phi) is 3.03. The van der Waals surface area contributed by atoms with Crippen molar-refractivity contribution < 1.29 is 4.74 Å². The number of methoxy groups -OCH3 is 1. The first-order valence-electron chi connectivity index (χ1n) is 5.90. The Morgan fingerprint density at radius 2 is 1.83 bits per heavy atom. The minimum Gasteiger partial charge on any atom is -0.496 e. The van der Waals surface area contributed by atoms with Crippen LogP contribution in [0.5, 0.6) is 5.75 Å². The quantitative estimate of drug-likeness (QED) is 0.884. The maximum absolute atomic E-state index is 5.85. The van der Waals surface area contributed by atoms with Crippen LogP contribution in [0.1, 0.15) is 16.8 Å². The van der Waals surface area contributed by atoms with Crippen LogP contribution >= 0.6 is 0 Å². The molecule has 0 atom stereocenters. The van der Waals surface area contributed by atoms with Crippen molar-refractivity contribution >= 4 is 5.95 Å². The third-order valence-corrected chi connectivity index (χ3v) is 3.52. The molecule has 0 saturated carbocycles. The summed E-state index contributed by atoms with van der Waals surface area (Å²) in [6.07, 6.45) is 0. The van der Waals surface area contributed by atoms with Gasteiger partial charge in [-0.3, -0.25) is 0 Å². The molecular formula is C14H19N3O. The van der Waals surface area contributed by atoms with Crippen LogP contribution in [0.3, 0.4) is 0 Å². The number of nitrogens with two attached hydrogens (primary N) is 1. The molecule has 2 aromatic rings. The monoisotopic (exact) mass is 245 g/mol. The number of nitrogens with zero attached hydrogens (tertiary/aromatic N) is 2. The third-order valence-electron chi connectivity index (χ3n) is 3.52. The van der Waals surface area contributed by atoms with Gasteiger partial charge in [-0.1, -0.05) is 0 Å². The topological polar surface area (TPSA) is 53.1 Å². The van der Waals surface area contributed by atoms with Crippen molar-refractivity contribution in [2.75, 3.05) is 12.8 Å². The van der Waals surface area contributed by atoms with Gasteiger partial charge in [-0.05, 0) is 44.0 Å². The molecule has 0 aliphatic heterocycles. The second-order valence-electron chi connectivity index (χ2n) is 4.53. The zero-order chi connectivity index (χ0) is 13.4. The second-order valence-corrected chi connectivity index (χ2v) is 4.53. The number of aryl methyl sites for hydroxylation is 1. The summed E-state index contributed by atoms with van der Waals surface area (Å²) in [6.45, 7) is 6.13. The van der Waals surface area contributed by atoms with Gasteiger partial charge < -0.3 is 15.0 Å². The Balaban J connectivity index is 2.69. The lowest BCUT2D eigenvalue weighted by Crippen LogP contribution is -2.00. The maximum atomic E-state index is 5.85. The number of hydrogen-bond acceptors (Lipinski definition) is 3. The van der Waals surface area contributed by atoms with Crippen LogP contribution in [-0.2, 0) is 7.05 Å². The van der Waals surface area contributed by atoms with Crippen molar-refractivity contribution in [3.05, 3.63) is 29.0 Å². The highest BCUT2D eigenvalue weighted by Crippen LogP contribution is 2.33. The summed E-state index contributed by atoms with van der Waals surface area (Å²) in [5.41, 5.74) is 11.4. The van der Waals surface area contributed by atoms with Gasteiger partial charge in [-0.2, -0.15) is 0 Å². The van der Waals surface area contributed by atoms with Gasteiger partial charge in [0.1, 0.15) is 5.75 Å². The molecule has 0 aliphatic carbocycles. The van der Waals surface area contributed by atoms with Gasteiger partial charge in [0, 0.05) is 12.6 Å². The van der Waals surface area contributed by atoms with Gasteiger partial charge in [0.2, 0.25) is 5.95 Å². The van der Waals surface area contributed by atoms with E-state index < -0.39 is 0 Å². The number of nitrogen functional groups attached to an aromatic ring is 1. The summed E-state index contributed by atoms with van der Waals surface area (Å²) in [4.78, 5) is 4.31. The average Bonchev–Trinajstić information content (AvgIpc) is 2.58. The number of rotatable bonds is 2. The molecular weight excluding hydrogens is 226 g/mol. The van der Waals surface area contributed by atoms with Crippen LogP contribution in [-0.4, -0.2) is 16.7 Å². The van der Waals surface area contributed by atoms with Gasteiger partial charge in [0.15, 0.2) is 0 Å². The number of benzene rings is 1. The normalized spacial score (nSPS) is 10.7. The van der Waals surface area contributed by atoms with E-state index in [9.17, 15) is 0 Å². The van der Waals surface area contributed by atoms with E-state index in [1.165, 1.54) is 5.56 Å². The van der Waals surface area contributed by atoms with Crippen molar-refractivity contribution in [3.63, 3.8) is 0 Å². The van der Waals surface area contributed by atoms with Gasteiger partial charge >= 0.3 is 0 Å². The number of hydrogen-bond donors (Lipinski definition) is 1. The van der Waals surface area contributed by atoms with E-state index in [0.29, 0.717) is 5.95 Å². The van der Waals surface area contributed by atoms with Gasteiger partial charge in [0.05, 0.1) is 18.5 Å². The highest BCUT2D eigenvalue weighted by Gasteiger charge is 2.15. The molecule has 4 heteroatoms. The van der Waals surface area contributed by atoms with Crippen molar-refractivity contribution in [2.24, 2.45) is 7.05 Å². The number of aromatic nitrogens is 2. The van der Waals surface area contributed by atoms with Crippen molar-refractivity contribution in [3.8, 4) is 17.0 Å². The largest absolute Gasteiger partial charge is 0.496 e. The van der Waals surface area contributed by atoms with Crippen molar-refractivity contribution in [1.82, 2.24) is 9.55 Å². The average molecular weight is 245 g/mol. The molecule has 0 amide bonds. The van der Waals surface area contributed by atoms with E-state index in [1.54, 1.807) is 7.11 Å². The number of ether oxygens (including phenoxy) is 1. The first-order chi connectivity index (χ1) is 8.47. The third kappa shape index (κ3) is 1.74. The molecule has 0 bridgehead atoms. The minimum atomic E-state index is 0.537. The highest BCUT2D eigenvalue weighted by atomic mass is 16.5. The standard InChI is InChI=1S/C14H19N3O/c1-8-9(2)12(18-5)7-6-11(8)13-10(3)16-14(15)17(13)4/h6-7H,1-5H3,(H2,15,16). The van der Waals surface area contributed by atoms with E-state index in [-0.39, 0.29) is 0 Å². The Hall–Kier alpha value is -1.97. The van der Waals surface area contributed by atoms with Crippen molar-refractivity contribution in [2.45, 2.75) is 20.8 Å². The molecule has 4 nitrogen and oxygen atoms in total. The van der Waals surface area contributed by atoms with Gasteiger partial charge in [-0.15, -0.1) is 0 Å². The lowest BCUT2D eigenvalue weighted by atomic mass is 9.99. The molecule has 0 aliphatic rings. The lowest BCUT2D eigenvalue weighted by molar-refractivity contribution is 0.411. The van der Waals surface area contributed by atoms with Crippen molar-refractivity contribution in [1.29, 1.82) is 0 Å². The summed E-state index contributed by atoms with van der Waals surface area (Å²) in [5.74, 6) is 1.44. The Labute approximate surface area is 107 Å². The van der Waals surface area contributed by atoms with Crippen LogP contribution in [0, 0.1) is 20.8 Å². The minimum absolute atomic E-state index is 0.537. The molecule has 0 saturated heterocycles. The fourth-order valence-corrected chi connectivity index (χ4v) is 2.31. The van der Waals surface area contributed by atoms with Gasteiger partial charge in [0.25, 0.3) is 0 Å². The van der Waals surface area contributed by atoms with E-state index in [2.05, 4.69) is 24.9 Å². The SMILES string of the molecule is COc1ccc(-c2c(C)nc(N)n2C)c(C)c1C. The molecule has 2 rings (SSSR count). The molecule has 96 valence electrons. The zero-order valence-electron chi connectivity index (χ0n) is 11.5. The van der Waals surface area contributed by atoms with E-state index >= 15 is 0 Å². The maximum Gasteiger partial charge on any atom is 0.200 e. The Bertz CT molecular complexity index is 600. The molecule has 1 heterocycles. The molecule has 0 radical (unpaired) electrons. The molecule has 0 fully saturated rings. The Morgan fingerprint density at radius 1 is 1.17 bits per heavy atom. The summed E-state index contributed by atoms with van der Waals surface area (Å²) >= 11 is 0. The molecule has 18 heavy (non-hydrogen) atoms. The van der Waals surface area contributed by atoms with Crippen LogP contribution in [0.25, 0.3) is 11.3 Å². The lowest BCUT2D eigenvalue weighted by Gasteiger charge is -2.13. The predicted octanol–water partition coefficient (Wildman–Crippen LogP) is 2.60. The molecule has 0 unspecified atom stereocenters. The fourth-order valence-electron chi connectivity index (χ4n) is 2.31. The van der Waals surface area contributed by atoms with E-state index in [4.69, 9.17) is 10.5 Å². The zero-order valence-corrected chi connectivity index (χ0v) is 11.5. The summed E-state index contributed by atoms with van der Waals surface area (Å²) < 4.78 is 7.26. The first-order valence-corrected chi connectivity index (χ1v) is 5.90. The summed E-state index contributed by atoms with van der Waals surface area (Å²) in [5, 5.41) is 0.